The number of halogens is 1. The Balaban J connectivity index is 4.20. The maximum atomic E-state index is 11.4. The molecular weight excluding hydrogens is 222 g/mol. The van der Waals surface area contributed by atoms with Crippen LogP contribution in [0.2, 0.25) is 0 Å². The minimum Gasteiger partial charge on any atom is -0.394 e. The quantitative estimate of drug-likeness (QED) is 0.722. The van der Waals surface area contributed by atoms with Gasteiger partial charge in [0.2, 0.25) is 5.91 Å². The predicted molar refractivity (Wildman–Crippen MR) is 52.3 cm³/mol. The lowest BCUT2D eigenvalue weighted by Crippen LogP contribution is -2.51. The van der Waals surface area contributed by atoms with E-state index in [9.17, 15) is 4.79 Å². The van der Waals surface area contributed by atoms with Crippen LogP contribution in [0.4, 0.5) is 0 Å². The lowest BCUT2D eigenvalue weighted by molar-refractivity contribution is -0.124. The molecular formula is C8H16BrNO2. The molecule has 0 fully saturated rings. The van der Waals surface area contributed by atoms with Crippen LogP contribution in [-0.4, -0.2) is 27.5 Å². The van der Waals surface area contributed by atoms with Gasteiger partial charge in [0.15, 0.2) is 0 Å². The highest BCUT2D eigenvalue weighted by Gasteiger charge is 2.28. The smallest absolute Gasteiger partial charge is 0.236 e. The van der Waals surface area contributed by atoms with Crippen LogP contribution in [0.5, 0.6) is 0 Å². The number of hydrogen-bond donors (Lipinski definition) is 2. The van der Waals surface area contributed by atoms with Gasteiger partial charge in [0.25, 0.3) is 0 Å². The zero-order valence-electron chi connectivity index (χ0n) is 7.94. The van der Waals surface area contributed by atoms with E-state index in [2.05, 4.69) is 21.2 Å². The Morgan fingerprint density at radius 3 is 2.08 bits per heavy atom. The highest BCUT2D eigenvalue weighted by atomic mass is 79.9. The van der Waals surface area contributed by atoms with Crippen molar-refractivity contribution in [1.82, 2.24) is 5.32 Å². The van der Waals surface area contributed by atoms with E-state index in [0.29, 0.717) is 0 Å². The Morgan fingerprint density at radius 2 is 1.83 bits per heavy atom. The van der Waals surface area contributed by atoms with Crippen molar-refractivity contribution in [2.24, 2.45) is 0 Å². The van der Waals surface area contributed by atoms with Crippen LogP contribution in [0, 0.1) is 0 Å². The van der Waals surface area contributed by atoms with E-state index >= 15 is 0 Å². The van der Waals surface area contributed by atoms with Crippen molar-refractivity contribution in [2.75, 3.05) is 6.61 Å². The molecule has 0 bridgehead atoms. The SMILES string of the molecule is CC(C)(CO)NC(=O)C(C)(C)Br. The number of rotatable bonds is 3. The first kappa shape index (κ1) is 11.9. The van der Waals surface area contributed by atoms with Crippen LogP contribution in [0.25, 0.3) is 0 Å². The monoisotopic (exact) mass is 237 g/mol. The molecule has 0 aliphatic carbocycles. The molecule has 0 unspecified atom stereocenters. The Kier molecular flexibility index (Phi) is 3.72. The van der Waals surface area contributed by atoms with E-state index < -0.39 is 9.86 Å². The topological polar surface area (TPSA) is 49.3 Å². The third-order valence-electron chi connectivity index (χ3n) is 1.39. The molecule has 0 spiro atoms. The lowest BCUT2D eigenvalue weighted by Gasteiger charge is -2.27. The van der Waals surface area contributed by atoms with E-state index in [-0.39, 0.29) is 12.5 Å². The van der Waals surface area contributed by atoms with Gasteiger partial charge in [-0.15, -0.1) is 0 Å². The summed E-state index contributed by atoms with van der Waals surface area (Å²) in [6.07, 6.45) is 0. The molecule has 0 aromatic carbocycles. The van der Waals surface area contributed by atoms with Crippen molar-refractivity contribution in [3.63, 3.8) is 0 Å². The van der Waals surface area contributed by atoms with E-state index in [1.54, 1.807) is 27.7 Å². The third kappa shape index (κ3) is 4.07. The highest BCUT2D eigenvalue weighted by molar-refractivity contribution is 9.10. The van der Waals surface area contributed by atoms with Crippen molar-refractivity contribution < 1.29 is 9.90 Å². The second kappa shape index (κ2) is 3.75. The maximum absolute atomic E-state index is 11.4. The molecule has 0 saturated heterocycles. The summed E-state index contributed by atoms with van der Waals surface area (Å²) in [5, 5.41) is 11.6. The van der Waals surface area contributed by atoms with Crippen molar-refractivity contribution in [3.05, 3.63) is 0 Å². The molecule has 72 valence electrons. The van der Waals surface area contributed by atoms with Gasteiger partial charge >= 0.3 is 0 Å². The number of alkyl halides is 1. The third-order valence-corrected chi connectivity index (χ3v) is 1.75. The molecule has 0 heterocycles. The average Bonchev–Trinajstić information content (AvgIpc) is 1.85. The van der Waals surface area contributed by atoms with E-state index in [1.807, 2.05) is 0 Å². The Bertz CT molecular complexity index is 172. The number of aliphatic hydroxyl groups excluding tert-OH is 1. The minimum absolute atomic E-state index is 0.0676. The molecule has 0 atom stereocenters. The molecule has 4 heteroatoms. The first-order valence-electron chi connectivity index (χ1n) is 3.81. The van der Waals surface area contributed by atoms with Crippen molar-refractivity contribution >= 4 is 21.8 Å². The molecule has 0 rings (SSSR count). The van der Waals surface area contributed by atoms with Gasteiger partial charge in [-0.1, -0.05) is 15.9 Å². The molecule has 0 aromatic rings. The number of carbonyl (C=O) groups is 1. The van der Waals surface area contributed by atoms with Crippen LogP contribution in [0.3, 0.4) is 0 Å². The molecule has 0 aliphatic rings. The van der Waals surface area contributed by atoms with Gasteiger partial charge in [-0.25, -0.2) is 0 Å². The van der Waals surface area contributed by atoms with Crippen LogP contribution >= 0.6 is 15.9 Å². The van der Waals surface area contributed by atoms with Gasteiger partial charge in [-0.05, 0) is 27.7 Å². The van der Waals surface area contributed by atoms with Gasteiger partial charge in [-0.2, -0.15) is 0 Å². The largest absolute Gasteiger partial charge is 0.394 e. The zero-order valence-corrected chi connectivity index (χ0v) is 9.53. The number of nitrogens with one attached hydrogen (secondary N) is 1. The Morgan fingerprint density at radius 1 is 1.42 bits per heavy atom. The second-order valence-corrected chi connectivity index (χ2v) is 5.95. The average molecular weight is 238 g/mol. The van der Waals surface area contributed by atoms with Gasteiger partial charge < -0.3 is 10.4 Å². The molecule has 12 heavy (non-hydrogen) atoms. The molecule has 0 aliphatic heterocycles. The molecule has 0 radical (unpaired) electrons. The fourth-order valence-electron chi connectivity index (χ4n) is 0.495. The van der Waals surface area contributed by atoms with Crippen LogP contribution in [0.15, 0.2) is 0 Å². The summed E-state index contributed by atoms with van der Waals surface area (Å²) in [7, 11) is 0. The fraction of sp³-hybridized carbons (Fsp3) is 0.875. The van der Waals surface area contributed by atoms with Crippen LogP contribution < -0.4 is 5.32 Å². The predicted octanol–water partition coefficient (Wildman–Crippen LogP) is 1.05. The Hall–Kier alpha value is -0.0900. The van der Waals surface area contributed by atoms with E-state index in [1.165, 1.54) is 0 Å². The normalized spacial score (nSPS) is 12.8. The summed E-state index contributed by atoms with van der Waals surface area (Å²) in [5.41, 5.74) is -0.553. The zero-order chi connectivity index (χ0) is 9.99. The summed E-state index contributed by atoms with van der Waals surface area (Å²) in [6.45, 7) is 6.99. The van der Waals surface area contributed by atoms with E-state index in [4.69, 9.17) is 5.11 Å². The first-order valence-corrected chi connectivity index (χ1v) is 4.61. The Labute approximate surface area is 81.7 Å². The minimum atomic E-state index is -0.584. The lowest BCUT2D eigenvalue weighted by atomic mass is 10.1. The summed E-state index contributed by atoms with van der Waals surface area (Å²) in [4.78, 5) is 11.4. The maximum Gasteiger partial charge on any atom is 0.236 e. The number of hydrogen-bond acceptors (Lipinski definition) is 2. The number of amides is 1. The summed E-state index contributed by atoms with van der Waals surface area (Å²) in [6, 6.07) is 0. The summed E-state index contributed by atoms with van der Waals surface area (Å²) < 4.78 is -0.584. The van der Waals surface area contributed by atoms with Crippen LogP contribution in [0.1, 0.15) is 27.7 Å². The first-order chi connectivity index (χ1) is 5.19. The second-order valence-electron chi connectivity index (χ2n) is 3.97. The summed E-state index contributed by atoms with van der Waals surface area (Å²) >= 11 is 3.23. The molecule has 2 N–H and O–H groups in total. The van der Waals surface area contributed by atoms with Crippen molar-refractivity contribution in [3.8, 4) is 0 Å². The molecule has 0 aromatic heterocycles. The van der Waals surface area contributed by atoms with Crippen LogP contribution in [-0.2, 0) is 4.79 Å². The number of aliphatic hydroxyl groups is 1. The highest BCUT2D eigenvalue weighted by Crippen LogP contribution is 2.17. The fourth-order valence-corrected chi connectivity index (χ4v) is 0.595. The number of carbonyl (C=O) groups excluding carboxylic acids is 1. The van der Waals surface area contributed by atoms with Gasteiger partial charge in [0.05, 0.1) is 16.5 Å². The van der Waals surface area contributed by atoms with Crippen molar-refractivity contribution in [1.29, 1.82) is 0 Å². The van der Waals surface area contributed by atoms with E-state index in [0.717, 1.165) is 0 Å². The molecule has 0 saturated carbocycles. The van der Waals surface area contributed by atoms with Gasteiger partial charge in [0.1, 0.15) is 0 Å². The standard InChI is InChI=1S/C8H16BrNO2/c1-7(2,5-11)10-6(12)8(3,4)9/h11H,5H2,1-4H3,(H,10,12). The van der Waals surface area contributed by atoms with Crippen molar-refractivity contribution in [2.45, 2.75) is 37.6 Å². The molecule has 3 nitrogen and oxygen atoms in total. The summed E-state index contributed by atoms with van der Waals surface area (Å²) in [5.74, 6) is -0.124. The molecule has 1 amide bonds. The van der Waals surface area contributed by atoms with Gasteiger partial charge in [0, 0.05) is 0 Å². The van der Waals surface area contributed by atoms with Gasteiger partial charge in [-0.3, -0.25) is 4.79 Å².